The molecule has 0 radical (unpaired) electrons. The summed E-state index contributed by atoms with van der Waals surface area (Å²) >= 11 is 0. The SMILES string of the molecule is COC1(C#Cc2cnc(C)nc2)CC[C@@H](C(=O)OC(C)(C)C)[C@H](c2ccccc2)C1. The van der Waals surface area contributed by atoms with Crippen LogP contribution in [-0.4, -0.2) is 34.2 Å². The summed E-state index contributed by atoms with van der Waals surface area (Å²) < 4.78 is 11.7. The van der Waals surface area contributed by atoms with E-state index in [4.69, 9.17) is 9.47 Å². The first-order valence-electron chi connectivity index (χ1n) is 10.4. The number of hydrogen-bond donors (Lipinski definition) is 0. The molecule has 0 aliphatic heterocycles. The second-order valence-electron chi connectivity index (χ2n) is 8.87. The Morgan fingerprint density at radius 3 is 2.43 bits per heavy atom. The molecule has 1 fully saturated rings. The van der Waals surface area contributed by atoms with Gasteiger partial charge in [-0.25, -0.2) is 9.97 Å². The van der Waals surface area contributed by atoms with E-state index < -0.39 is 11.2 Å². The number of aromatic nitrogens is 2. The zero-order valence-corrected chi connectivity index (χ0v) is 18.4. The number of carbonyl (C=O) groups is 1. The van der Waals surface area contributed by atoms with Crippen molar-refractivity contribution in [3.63, 3.8) is 0 Å². The Morgan fingerprint density at radius 2 is 1.83 bits per heavy atom. The summed E-state index contributed by atoms with van der Waals surface area (Å²) in [7, 11) is 1.69. The molecule has 3 atom stereocenters. The van der Waals surface area contributed by atoms with E-state index in [9.17, 15) is 4.79 Å². The largest absolute Gasteiger partial charge is 0.460 e. The Hall–Kier alpha value is -2.71. The van der Waals surface area contributed by atoms with Gasteiger partial charge in [0.1, 0.15) is 17.0 Å². The summed E-state index contributed by atoms with van der Waals surface area (Å²) in [5.74, 6) is 6.80. The van der Waals surface area contributed by atoms with Crippen LogP contribution >= 0.6 is 0 Å². The van der Waals surface area contributed by atoms with E-state index in [2.05, 4.69) is 33.9 Å². The third-order valence-electron chi connectivity index (χ3n) is 5.44. The van der Waals surface area contributed by atoms with Crippen LogP contribution in [-0.2, 0) is 14.3 Å². The monoisotopic (exact) mass is 406 g/mol. The Morgan fingerprint density at radius 1 is 1.17 bits per heavy atom. The van der Waals surface area contributed by atoms with Crippen LogP contribution in [0.1, 0.15) is 62.9 Å². The fourth-order valence-electron chi connectivity index (χ4n) is 3.89. The van der Waals surface area contributed by atoms with Gasteiger partial charge >= 0.3 is 5.97 Å². The number of nitrogens with zero attached hydrogens (tertiary/aromatic N) is 2. The first-order chi connectivity index (χ1) is 14.2. The van der Waals surface area contributed by atoms with Crippen LogP contribution in [0.3, 0.4) is 0 Å². The second kappa shape index (κ2) is 8.97. The molecule has 5 nitrogen and oxygen atoms in total. The maximum Gasteiger partial charge on any atom is 0.310 e. The lowest BCUT2D eigenvalue weighted by atomic mass is 9.69. The molecule has 0 spiro atoms. The molecule has 0 N–H and O–H groups in total. The highest BCUT2D eigenvalue weighted by Crippen LogP contribution is 2.45. The molecule has 30 heavy (non-hydrogen) atoms. The van der Waals surface area contributed by atoms with Crippen molar-refractivity contribution in [3.05, 3.63) is 59.7 Å². The minimum absolute atomic E-state index is 0.0293. The molecule has 5 heteroatoms. The zero-order chi connectivity index (χ0) is 21.8. The van der Waals surface area contributed by atoms with E-state index in [1.807, 2.05) is 45.9 Å². The van der Waals surface area contributed by atoms with Crippen molar-refractivity contribution in [1.29, 1.82) is 0 Å². The van der Waals surface area contributed by atoms with Crippen molar-refractivity contribution in [2.45, 2.75) is 64.1 Å². The molecule has 0 saturated heterocycles. The van der Waals surface area contributed by atoms with E-state index >= 15 is 0 Å². The van der Waals surface area contributed by atoms with Gasteiger partial charge in [-0.3, -0.25) is 4.79 Å². The molecule has 1 unspecified atom stereocenters. The molecule has 1 saturated carbocycles. The number of hydrogen-bond acceptors (Lipinski definition) is 5. The highest BCUT2D eigenvalue weighted by molar-refractivity contribution is 5.74. The smallest absolute Gasteiger partial charge is 0.310 e. The molecule has 1 aromatic carbocycles. The second-order valence-corrected chi connectivity index (χ2v) is 8.87. The highest BCUT2D eigenvalue weighted by Gasteiger charge is 2.44. The fraction of sp³-hybridized carbons (Fsp3) is 0.480. The van der Waals surface area contributed by atoms with E-state index in [-0.39, 0.29) is 17.8 Å². The Kier molecular flexibility index (Phi) is 6.58. The third-order valence-corrected chi connectivity index (χ3v) is 5.44. The number of methoxy groups -OCH3 is 1. The van der Waals surface area contributed by atoms with Crippen molar-refractivity contribution >= 4 is 5.97 Å². The predicted molar refractivity (Wildman–Crippen MR) is 116 cm³/mol. The molecule has 0 amide bonds. The van der Waals surface area contributed by atoms with Crippen LogP contribution < -0.4 is 0 Å². The molecular weight excluding hydrogens is 376 g/mol. The number of rotatable bonds is 3. The zero-order valence-electron chi connectivity index (χ0n) is 18.4. The average Bonchev–Trinajstić information content (AvgIpc) is 2.72. The Bertz CT molecular complexity index is 923. The van der Waals surface area contributed by atoms with E-state index in [1.54, 1.807) is 19.5 Å². The van der Waals surface area contributed by atoms with Crippen LogP contribution in [0, 0.1) is 24.7 Å². The maximum absolute atomic E-state index is 13.0. The molecule has 1 aliphatic carbocycles. The number of benzene rings is 1. The van der Waals surface area contributed by atoms with Crippen LogP contribution in [0.25, 0.3) is 0 Å². The molecule has 1 aliphatic rings. The van der Waals surface area contributed by atoms with Crippen molar-refractivity contribution in [1.82, 2.24) is 9.97 Å². The van der Waals surface area contributed by atoms with Crippen molar-refractivity contribution in [2.75, 3.05) is 7.11 Å². The first-order valence-corrected chi connectivity index (χ1v) is 10.4. The average molecular weight is 407 g/mol. The quantitative estimate of drug-likeness (QED) is 0.557. The first kappa shape index (κ1) is 22.0. The van der Waals surface area contributed by atoms with Gasteiger partial charge in [0, 0.05) is 25.4 Å². The molecular formula is C25H30N2O3. The van der Waals surface area contributed by atoms with Gasteiger partial charge in [0.05, 0.1) is 11.5 Å². The van der Waals surface area contributed by atoms with Gasteiger partial charge < -0.3 is 9.47 Å². The van der Waals surface area contributed by atoms with Crippen molar-refractivity contribution < 1.29 is 14.3 Å². The Labute approximate surface area is 179 Å². The van der Waals surface area contributed by atoms with Crippen LogP contribution in [0.2, 0.25) is 0 Å². The molecule has 3 rings (SSSR count). The molecule has 1 heterocycles. The van der Waals surface area contributed by atoms with Crippen LogP contribution in [0.4, 0.5) is 0 Å². The van der Waals surface area contributed by atoms with Crippen LogP contribution in [0.5, 0.6) is 0 Å². The Balaban J connectivity index is 1.91. The third kappa shape index (κ3) is 5.46. The van der Waals surface area contributed by atoms with Crippen molar-refractivity contribution in [2.24, 2.45) is 5.92 Å². The van der Waals surface area contributed by atoms with Gasteiger partial charge in [-0.15, -0.1) is 0 Å². The van der Waals surface area contributed by atoms with Gasteiger partial charge in [0.2, 0.25) is 0 Å². The summed E-state index contributed by atoms with van der Waals surface area (Å²) in [6, 6.07) is 10.1. The minimum Gasteiger partial charge on any atom is -0.460 e. The van der Waals surface area contributed by atoms with Gasteiger partial charge in [0.25, 0.3) is 0 Å². The molecule has 1 aromatic heterocycles. The highest BCUT2D eigenvalue weighted by atomic mass is 16.6. The van der Waals surface area contributed by atoms with Crippen LogP contribution in [0.15, 0.2) is 42.7 Å². The lowest BCUT2D eigenvalue weighted by Gasteiger charge is -2.41. The normalized spacial score (nSPS) is 23.9. The topological polar surface area (TPSA) is 61.3 Å². The maximum atomic E-state index is 13.0. The number of aryl methyl sites for hydroxylation is 1. The van der Waals surface area contributed by atoms with Gasteiger partial charge in [-0.1, -0.05) is 42.2 Å². The summed E-state index contributed by atoms with van der Waals surface area (Å²) in [5.41, 5.74) is 0.709. The lowest BCUT2D eigenvalue weighted by Crippen LogP contribution is -2.43. The number of ether oxygens (including phenoxy) is 2. The summed E-state index contributed by atoms with van der Waals surface area (Å²) in [4.78, 5) is 21.4. The number of esters is 1. The van der Waals surface area contributed by atoms with Gasteiger partial charge in [0.15, 0.2) is 0 Å². The van der Waals surface area contributed by atoms with Crippen molar-refractivity contribution in [3.8, 4) is 11.8 Å². The molecule has 0 bridgehead atoms. The van der Waals surface area contributed by atoms with E-state index in [0.29, 0.717) is 25.1 Å². The predicted octanol–water partition coefficient (Wildman–Crippen LogP) is 4.45. The molecule has 158 valence electrons. The lowest BCUT2D eigenvalue weighted by molar-refractivity contribution is -0.163. The molecule has 2 aromatic rings. The summed E-state index contributed by atoms with van der Waals surface area (Å²) in [6.07, 6.45) is 5.38. The summed E-state index contributed by atoms with van der Waals surface area (Å²) in [5, 5.41) is 0. The fourth-order valence-corrected chi connectivity index (χ4v) is 3.89. The van der Waals surface area contributed by atoms with Gasteiger partial charge in [-0.2, -0.15) is 0 Å². The minimum atomic E-state index is -0.635. The standard InChI is InChI=1S/C25H30N2O3/c1-18-26-16-19(17-27-18)11-13-25(29-5)14-12-21(23(28)30-24(2,3)4)22(15-25)20-9-7-6-8-10-20/h6-10,16-17,21-22H,12,14-15H2,1-5H3/t21-,22+,25?/m1/s1. The number of carbonyl (C=O) groups excluding carboxylic acids is 1. The van der Waals surface area contributed by atoms with Gasteiger partial charge in [-0.05, 0) is 52.5 Å². The van der Waals surface area contributed by atoms with E-state index in [0.717, 1.165) is 11.1 Å². The van der Waals surface area contributed by atoms with E-state index in [1.165, 1.54) is 0 Å². The summed E-state index contributed by atoms with van der Waals surface area (Å²) in [6.45, 7) is 7.55.